The van der Waals surface area contributed by atoms with Gasteiger partial charge in [0.2, 0.25) is 0 Å². The summed E-state index contributed by atoms with van der Waals surface area (Å²) in [7, 11) is 0. The summed E-state index contributed by atoms with van der Waals surface area (Å²) in [5, 5.41) is 7.72. The molecule has 3 heteroatoms. The van der Waals surface area contributed by atoms with Gasteiger partial charge in [-0.25, -0.2) is 4.79 Å². The molecule has 142 valence electrons. The summed E-state index contributed by atoms with van der Waals surface area (Å²) in [6.45, 7) is 4.00. The molecule has 3 nitrogen and oxygen atoms in total. The van der Waals surface area contributed by atoms with Crippen molar-refractivity contribution in [2.75, 3.05) is 0 Å². The van der Waals surface area contributed by atoms with Gasteiger partial charge in [0.1, 0.15) is 5.75 Å². The highest BCUT2D eigenvalue weighted by atomic mass is 16.5. The smallest absolute Gasteiger partial charge is 0.343 e. The second-order valence-electron chi connectivity index (χ2n) is 7.43. The highest BCUT2D eigenvalue weighted by molar-refractivity contribution is 5.93. The zero-order valence-electron chi connectivity index (χ0n) is 16.3. The van der Waals surface area contributed by atoms with E-state index in [0.717, 1.165) is 24.0 Å². The number of carbonyl (C=O) groups is 1. The molecular formula is C25H25NO2. The van der Waals surface area contributed by atoms with Gasteiger partial charge in [-0.05, 0) is 47.7 Å². The van der Waals surface area contributed by atoms with Crippen LogP contribution in [0.4, 0.5) is 0 Å². The first kappa shape index (κ1) is 19.6. The van der Waals surface area contributed by atoms with Crippen LogP contribution in [0, 0.1) is 5.41 Å². The molecule has 0 aliphatic heterocycles. The standard InChI is InChI=1S/C25H25NO2/c1-25(2,18-26)21-15-16-23(24(27)28-22-11-7-4-8-12-22)20(17-21)14-13-19-9-5-3-6-10-19/h3-12,15-18,26H,13-14H2,1-2H3. The Bertz CT molecular complexity index is 947. The minimum Gasteiger partial charge on any atom is -0.423 e. The van der Waals surface area contributed by atoms with Crippen LogP contribution >= 0.6 is 0 Å². The second kappa shape index (κ2) is 8.66. The Balaban J connectivity index is 1.90. The van der Waals surface area contributed by atoms with E-state index in [9.17, 15) is 4.79 Å². The minimum absolute atomic E-state index is 0.353. The number of nitrogens with one attached hydrogen (secondary N) is 1. The lowest BCUT2D eigenvalue weighted by molar-refractivity contribution is 0.0733. The van der Waals surface area contributed by atoms with Crippen molar-refractivity contribution in [2.45, 2.75) is 32.1 Å². The number of para-hydroxylation sites is 1. The lowest BCUT2D eigenvalue weighted by Gasteiger charge is -2.21. The van der Waals surface area contributed by atoms with E-state index >= 15 is 0 Å². The van der Waals surface area contributed by atoms with Crippen molar-refractivity contribution in [1.82, 2.24) is 0 Å². The number of benzene rings is 3. The number of ether oxygens (including phenoxy) is 1. The predicted molar refractivity (Wildman–Crippen MR) is 114 cm³/mol. The van der Waals surface area contributed by atoms with Crippen LogP contribution in [0.5, 0.6) is 5.75 Å². The molecule has 3 rings (SSSR count). The van der Waals surface area contributed by atoms with Gasteiger partial charge in [0.15, 0.2) is 0 Å². The van der Waals surface area contributed by atoms with Gasteiger partial charge in [0.05, 0.1) is 5.56 Å². The molecule has 1 N–H and O–H groups in total. The topological polar surface area (TPSA) is 50.2 Å². The largest absolute Gasteiger partial charge is 0.423 e. The maximum atomic E-state index is 12.8. The molecule has 0 aliphatic rings. The first-order valence-corrected chi connectivity index (χ1v) is 9.46. The van der Waals surface area contributed by atoms with Crippen molar-refractivity contribution in [3.05, 3.63) is 101 Å². The third kappa shape index (κ3) is 4.74. The molecule has 0 saturated heterocycles. The highest BCUT2D eigenvalue weighted by Crippen LogP contribution is 2.25. The van der Waals surface area contributed by atoms with Crippen molar-refractivity contribution in [2.24, 2.45) is 0 Å². The third-order valence-electron chi connectivity index (χ3n) is 4.91. The average molecular weight is 371 g/mol. The molecule has 0 spiro atoms. The van der Waals surface area contributed by atoms with Crippen molar-refractivity contribution >= 4 is 12.2 Å². The van der Waals surface area contributed by atoms with Crippen LogP contribution in [0.3, 0.4) is 0 Å². The molecule has 0 radical (unpaired) electrons. The zero-order valence-corrected chi connectivity index (χ0v) is 16.3. The van der Waals surface area contributed by atoms with E-state index in [1.807, 2.05) is 68.4 Å². The maximum Gasteiger partial charge on any atom is 0.343 e. The molecular weight excluding hydrogens is 346 g/mol. The maximum absolute atomic E-state index is 12.8. The molecule has 0 atom stereocenters. The summed E-state index contributed by atoms with van der Waals surface area (Å²) in [5.74, 6) is 0.180. The van der Waals surface area contributed by atoms with Crippen LogP contribution in [0.1, 0.15) is 40.9 Å². The monoisotopic (exact) mass is 371 g/mol. The second-order valence-corrected chi connectivity index (χ2v) is 7.43. The molecule has 0 aromatic heterocycles. The van der Waals surface area contributed by atoms with Gasteiger partial charge < -0.3 is 10.1 Å². The minimum atomic E-state index is -0.386. The lowest BCUT2D eigenvalue weighted by atomic mass is 9.83. The van der Waals surface area contributed by atoms with Crippen LogP contribution < -0.4 is 4.74 Å². The lowest BCUT2D eigenvalue weighted by Crippen LogP contribution is -2.20. The Hall–Kier alpha value is -3.20. The van der Waals surface area contributed by atoms with E-state index in [2.05, 4.69) is 12.1 Å². The average Bonchev–Trinajstić information content (AvgIpc) is 2.73. The van der Waals surface area contributed by atoms with Crippen LogP contribution in [0.25, 0.3) is 0 Å². The Morgan fingerprint density at radius 1 is 0.929 bits per heavy atom. The third-order valence-corrected chi connectivity index (χ3v) is 4.91. The first-order valence-electron chi connectivity index (χ1n) is 9.46. The Morgan fingerprint density at radius 3 is 2.21 bits per heavy atom. The van der Waals surface area contributed by atoms with Gasteiger partial charge in [-0.2, -0.15) is 0 Å². The van der Waals surface area contributed by atoms with Gasteiger partial charge in [-0.1, -0.05) is 74.5 Å². The molecule has 0 heterocycles. The molecule has 0 aliphatic carbocycles. The molecule has 0 saturated carbocycles. The Labute approximate surface area is 166 Å². The summed E-state index contributed by atoms with van der Waals surface area (Å²) < 4.78 is 5.56. The number of esters is 1. The molecule has 0 fully saturated rings. The van der Waals surface area contributed by atoms with Gasteiger partial charge in [0.25, 0.3) is 0 Å². The number of hydrogen-bond acceptors (Lipinski definition) is 3. The van der Waals surface area contributed by atoms with E-state index < -0.39 is 0 Å². The SMILES string of the molecule is CC(C)(C=N)c1ccc(C(=O)Oc2ccccc2)c(CCc2ccccc2)c1. The molecule has 28 heavy (non-hydrogen) atoms. The molecule has 3 aromatic rings. The van der Waals surface area contributed by atoms with E-state index in [0.29, 0.717) is 11.3 Å². The molecule has 0 unspecified atom stereocenters. The van der Waals surface area contributed by atoms with Crippen LogP contribution in [0.2, 0.25) is 0 Å². The fourth-order valence-electron chi connectivity index (χ4n) is 3.06. The van der Waals surface area contributed by atoms with E-state index in [-0.39, 0.29) is 11.4 Å². The Kier molecular flexibility index (Phi) is 6.05. The quantitative estimate of drug-likeness (QED) is 0.333. The van der Waals surface area contributed by atoms with E-state index in [4.69, 9.17) is 10.1 Å². The van der Waals surface area contributed by atoms with Gasteiger partial charge >= 0.3 is 5.97 Å². The number of carbonyl (C=O) groups excluding carboxylic acids is 1. The molecule has 0 bridgehead atoms. The van der Waals surface area contributed by atoms with E-state index in [1.54, 1.807) is 12.1 Å². The Morgan fingerprint density at radius 2 is 1.57 bits per heavy atom. The summed E-state index contributed by atoms with van der Waals surface area (Å²) in [4.78, 5) is 12.8. The number of rotatable bonds is 7. The summed E-state index contributed by atoms with van der Waals surface area (Å²) >= 11 is 0. The first-order chi connectivity index (χ1) is 13.5. The van der Waals surface area contributed by atoms with Crippen molar-refractivity contribution in [3.8, 4) is 5.75 Å². The van der Waals surface area contributed by atoms with Gasteiger partial charge in [-0.3, -0.25) is 0 Å². The fraction of sp³-hybridized carbons (Fsp3) is 0.200. The van der Waals surface area contributed by atoms with Crippen molar-refractivity contribution < 1.29 is 9.53 Å². The molecule has 0 amide bonds. The summed E-state index contributed by atoms with van der Waals surface area (Å²) in [6, 6.07) is 25.1. The van der Waals surface area contributed by atoms with Crippen LogP contribution in [-0.4, -0.2) is 12.2 Å². The predicted octanol–water partition coefficient (Wildman–Crippen LogP) is 5.62. The van der Waals surface area contributed by atoms with Crippen molar-refractivity contribution in [1.29, 1.82) is 5.41 Å². The van der Waals surface area contributed by atoms with Crippen molar-refractivity contribution in [3.63, 3.8) is 0 Å². The molecule has 3 aromatic carbocycles. The van der Waals surface area contributed by atoms with Gasteiger partial charge in [-0.15, -0.1) is 0 Å². The van der Waals surface area contributed by atoms with Gasteiger partial charge in [0, 0.05) is 11.6 Å². The highest BCUT2D eigenvalue weighted by Gasteiger charge is 2.21. The number of hydrogen-bond donors (Lipinski definition) is 1. The zero-order chi connectivity index (χ0) is 20.0. The van der Waals surface area contributed by atoms with Crippen LogP contribution in [-0.2, 0) is 18.3 Å². The normalized spacial score (nSPS) is 11.1. The summed E-state index contributed by atoms with van der Waals surface area (Å²) in [5.41, 5.74) is 3.37. The van der Waals surface area contributed by atoms with E-state index in [1.165, 1.54) is 11.8 Å². The van der Waals surface area contributed by atoms with Crippen LogP contribution in [0.15, 0.2) is 78.9 Å². The summed E-state index contributed by atoms with van der Waals surface area (Å²) in [6.07, 6.45) is 3.00. The number of aryl methyl sites for hydroxylation is 2. The fourth-order valence-corrected chi connectivity index (χ4v) is 3.06.